The lowest BCUT2D eigenvalue weighted by Gasteiger charge is -2.14. The van der Waals surface area contributed by atoms with E-state index in [1.54, 1.807) is 16.9 Å². The van der Waals surface area contributed by atoms with Crippen molar-refractivity contribution in [2.75, 3.05) is 13.1 Å². The van der Waals surface area contributed by atoms with Crippen molar-refractivity contribution in [3.63, 3.8) is 0 Å². The first-order valence-corrected chi connectivity index (χ1v) is 13.8. The summed E-state index contributed by atoms with van der Waals surface area (Å²) in [5.74, 6) is -3.72. The molecule has 0 saturated carbocycles. The number of carboxylic acid groups (broad SMARTS) is 2. The van der Waals surface area contributed by atoms with E-state index in [2.05, 4.69) is 15.4 Å². The second-order valence-corrected chi connectivity index (χ2v) is 10.2. The Hall–Kier alpha value is -4.72. The first-order valence-electron chi connectivity index (χ1n) is 13.8. The molecule has 238 valence electrons. The van der Waals surface area contributed by atoms with Crippen LogP contribution in [0, 0.1) is 0 Å². The number of hydrogen-bond donors (Lipinski definition) is 3. The highest BCUT2D eigenvalue weighted by atomic mass is 19.4. The molecule has 0 unspecified atom stereocenters. The summed E-state index contributed by atoms with van der Waals surface area (Å²) in [6.45, 7) is 1.92. The van der Waals surface area contributed by atoms with Crippen molar-refractivity contribution in [2.45, 2.75) is 44.6 Å². The second-order valence-electron chi connectivity index (χ2n) is 10.2. The summed E-state index contributed by atoms with van der Waals surface area (Å²) in [6.07, 6.45) is -3.04. The molecule has 8 nitrogen and oxygen atoms in total. The number of carboxylic acids is 2. The Morgan fingerprint density at radius 2 is 1.62 bits per heavy atom. The topological polar surface area (TPSA) is 117 Å². The highest BCUT2D eigenvalue weighted by molar-refractivity contribution is 5.90. The molecule has 0 atom stereocenters. The maximum Gasteiger partial charge on any atom is 0.490 e. The molecule has 14 heteroatoms. The molecule has 0 fully saturated rings. The van der Waals surface area contributed by atoms with E-state index in [0.717, 1.165) is 71.5 Å². The molecule has 0 spiro atoms. The van der Waals surface area contributed by atoms with Gasteiger partial charge in [0.25, 0.3) is 0 Å². The number of halogens is 6. The van der Waals surface area contributed by atoms with Gasteiger partial charge in [0.2, 0.25) is 0 Å². The van der Waals surface area contributed by atoms with Crippen LogP contribution in [-0.4, -0.2) is 56.2 Å². The Balaban J connectivity index is 0.000000591. The Morgan fingerprint density at radius 1 is 0.911 bits per heavy atom. The van der Waals surface area contributed by atoms with Crippen molar-refractivity contribution in [3.05, 3.63) is 94.9 Å². The zero-order chi connectivity index (χ0) is 32.8. The smallest absolute Gasteiger partial charge is 0.477 e. The minimum atomic E-state index is -5.08. The Kier molecular flexibility index (Phi) is 10.3. The van der Waals surface area contributed by atoms with Gasteiger partial charge in [-0.15, -0.1) is 0 Å². The minimum Gasteiger partial charge on any atom is -0.477 e. The summed E-state index contributed by atoms with van der Waals surface area (Å²) in [7, 11) is 0. The first kappa shape index (κ1) is 33.2. The van der Waals surface area contributed by atoms with Crippen molar-refractivity contribution in [2.24, 2.45) is 0 Å². The molecule has 3 N–H and O–H groups in total. The fraction of sp³-hybridized carbons (Fsp3) is 0.290. The fourth-order valence-corrected chi connectivity index (χ4v) is 4.92. The lowest BCUT2D eigenvalue weighted by atomic mass is 9.90. The Labute approximate surface area is 253 Å². The summed E-state index contributed by atoms with van der Waals surface area (Å²) in [6, 6.07) is 14.8. The Bertz CT molecular complexity index is 1650. The zero-order valence-corrected chi connectivity index (χ0v) is 23.6. The molecular weight excluding hydrogens is 606 g/mol. The molecule has 1 aliphatic rings. The van der Waals surface area contributed by atoms with E-state index in [1.807, 2.05) is 36.5 Å². The third-order valence-corrected chi connectivity index (χ3v) is 7.09. The number of aliphatic carboxylic acids is 1. The van der Waals surface area contributed by atoms with E-state index in [0.29, 0.717) is 25.1 Å². The average molecular weight is 635 g/mol. The molecule has 2 aromatic carbocycles. The maximum atomic E-state index is 13.0. The molecule has 4 aromatic rings. The van der Waals surface area contributed by atoms with Crippen LogP contribution in [0.2, 0.25) is 0 Å². The molecule has 0 saturated heterocycles. The van der Waals surface area contributed by atoms with Gasteiger partial charge in [0.1, 0.15) is 5.69 Å². The number of pyridine rings is 1. The normalized spacial score (nSPS) is 12.5. The van der Waals surface area contributed by atoms with Crippen LogP contribution in [0.25, 0.3) is 22.4 Å². The van der Waals surface area contributed by atoms with Crippen molar-refractivity contribution < 1.29 is 46.1 Å². The van der Waals surface area contributed by atoms with E-state index in [-0.39, 0.29) is 5.69 Å². The van der Waals surface area contributed by atoms with Crippen LogP contribution in [0.15, 0.2) is 67.0 Å². The number of hydrogen-bond acceptors (Lipinski definition) is 5. The van der Waals surface area contributed by atoms with Gasteiger partial charge in [-0.05, 0) is 79.2 Å². The van der Waals surface area contributed by atoms with E-state index in [9.17, 15) is 36.2 Å². The SMILES string of the molecule is O=C(O)C(F)(F)F.O=C(O)c1c2c(nn1CCCNCCc1ccc(-c3cccc(C(F)(F)F)c3)cc1)-c1ccncc1CC2. The van der Waals surface area contributed by atoms with Gasteiger partial charge in [-0.3, -0.25) is 9.67 Å². The number of fused-ring (bicyclic) bond motifs is 3. The van der Waals surface area contributed by atoms with Crippen LogP contribution >= 0.6 is 0 Å². The van der Waals surface area contributed by atoms with Gasteiger partial charge in [-0.1, -0.05) is 36.4 Å². The van der Waals surface area contributed by atoms with Gasteiger partial charge >= 0.3 is 24.3 Å². The van der Waals surface area contributed by atoms with Crippen LogP contribution in [0.4, 0.5) is 26.3 Å². The largest absolute Gasteiger partial charge is 0.490 e. The van der Waals surface area contributed by atoms with E-state index < -0.39 is 29.9 Å². The molecule has 45 heavy (non-hydrogen) atoms. The summed E-state index contributed by atoms with van der Waals surface area (Å²) >= 11 is 0. The lowest BCUT2D eigenvalue weighted by Crippen LogP contribution is -2.21. The molecule has 2 aromatic heterocycles. The minimum absolute atomic E-state index is 0.267. The highest BCUT2D eigenvalue weighted by Crippen LogP contribution is 2.34. The number of aryl methyl sites for hydroxylation is 2. The highest BCUT2D eigenvalue weighted by Gasteiger charge is 2.38. The third kappa shape index (κ3) is 8.47. The van der Waals surface area contributed by atoms with Gasteiger partial charge in [0.05, 0.1) is 11.3 Å². The Morgan fingerprint density at radius 3 is 2.27 bits per heavy atom. The number of rotatable bonds is 9. The second kappa shape index (κ2) is 13.9. The lowest BCUT2D eigenvalue weighted by molar-refractivity contribution is -0.192. The van der Waals surface area contributed by atoms with Gasteiger partial charge < -0.3 is 15.5 Å². The molecule has 2 heterocycles. The monoisotopic (exact) mass is 634 g/mol. The number of aromatic nitrogens is 3. The van der Waals surface area contributed by atoms with Crippen LogP contribution in [-0.2, 0) is 36.8 Å². The van der Waals surface area contributed by atoms with Crippen molar-refractivity contribution in [1.29, 1.82) is 0 Å². The molecule has 0 amide bonds. The van der Waals surface area contributed by atoms with Crippen molar-refractivity contribution in [3.8, 4) is 22.4 Å². The van der Waals surface area contributed by atoms with Crippen molar-refractivity contribution >= 4 is 11.9 Å². The van der Waals surface area contributed by atoms with E-state index in [4.69, 9.17) is 9.90 Å². The number of alkyl halides is 6. The van der Waals surface area contributed by atoms with Gasteiger partial charge in [0, 0.05) is 30.1 Å². The van der Waals surface area contributed by atoms with E-state index in [1.165, 1.54) is 6.07 Å². The molecule has 0 radical (unpaired) electrons. The molecule has 1 aliphatic carbocycles. The van der Waals surface area contributed by atoms with Gasteiger partial charge in [-0.25, -0.2) is 9.59 Å². The molecule has 5 rings (SSSR count). The maximum absolute atomic E-state index is 13.0. The summed E-state index contributed by atoms with van der Waals surface area (Å²) in [5, 5.41) is 25.0. The number of nitrogens with zero attached hydrogens (tertiary/aromatic N) is 3. The van der Waals surface area contributed by atoms with Crippen LogP contribution in [0.1, 0.15) is 39.2 Å². The van der Waals surface area contributed by atoms with Gasteiger partial charge in [0.15, 0.2) is 0 Å². The van der Waals surface area contributed by atoms with Crippen LogP contribution < -0.4 is 5.32 Å². The quantitative estimate of drug-likeness (QED) is 0.147. The predicted octanol–water partition coefficient (Wildman–Crippen LogP) is 6.28. The van der Waals surface area contributed by atoms with E-state index >= 15 is 0 Å². The zero-order valence-electron chi connectivity index (χ0n) is 23.6. The van der Waals surface area contributed by atoms with Crippen molar-refractivity contribution in [1.82, 2.24) is 20.1 Å². The number of nitrogens with one attached hydrogen (secondary N) is 1. The van der Waals surface area contributed by atoms with Crippen LogP contribution in [0.3, 0.4) is 0 Å². The number of benzene rings is 2. The van der Waals surface area contributed by atoms with Crippen LogP contribution in [0.5, 0.6) is 0 Å². The average Bonchev–Trinajstić information content (AvgIpc) is 3.38. The third-order valence-electron chi connectivity index (χ3n) is 7.09. The summed E-state index contributed by atoms with van der Waals surface area (Å²) < 4.78 is 72.3. The molecule has 0 aliphatic heterocycles. The fourth-order valence-electron chi connectivity index (χ4n) is 4.92. The van der Waals surface area contributed by atoms with Gasteiger partial charge in [-0.2, -0.15) is 31.4 Å². The predicted molar refractivity (Wildman–Crippen MR) is 152 cm³/mol. The summed E-state index contributed by atoms with van der Waals surface area (Å²) in [5.41, 5.74) is 5.54. The number of aromatic carboxylic acids is 1. The molecular formula is C31H28F6N4O4. The number of carbonyl (C=O) groups is 2. The first-order chi connectivity index (χ1) is 21.3. The summed E-state index contributed by atoms with van der Waals surface area (Å²) in [4.78, 5) is 25.1. The molecule has 0 bridgehead atoms. The standard InChI is InChI=1S/C29H27F3N4O2.C2HF3O2/c30-29(31,32)23-4-1-3-21(17-23)20-7-5-19(6-8-20)11-14-33-13-2-16-36-27(28(37)38)25-10-9-22-18-34-15-12-24(22)26(25)35-36;3-2(4,5)1(6)7/h1,3-8,12,15,17-18,33H,2,9-11,13-14,16H2,(H,37,38);(H,6,7).